The van der Waals surface area contributed by atoms with Crippen molar-refractivity contribution in [2.45, 2.75) is 43.9 Å². The van der Waals surface area contributed by atoms with Gasteiger partial charge in [0, 0.05) is 21.2 Å². The monoisotopic (exact) mass is 394 g/mol. The van der Waals surface area contributed by atoms with Crippen LogP contribution in [0.15, 0.2) is 33.6 Å². The molecule has 0 aliphatic heterocycles. The lowest BCUT2D eigenvalue weighted by Gasteiger charge is -2.26. The number of thioether (sulfide) groups is 1. The van der Waals surface area contributed by atoms with Crippen molar-refractivity contribution in [2.75, 3.05) is 6.54 Å². The maximum Gasteiger partial charge on any atom is 0.237 e. The second-order valence-electron chi connectivity index (χ2n) is 5.97. The molecule has 120 valence electrons. The van der Waals surface area contributed by atoms with Crippen molar-refractivity contribution in [2.24, 2.45) is 11.1 Å². The Morgan fingerprint density at radius 2 is 1.86 bits per heavy atom. The molecule has 0 bridgehead atoms. The maximum absolute atomic E-state index is 11.9. The normalized spacial score (nSPS) is 14.0. The van der Waals surface area contributed by atoms with Crippen LogP contribution in [0.4, 0.5) is 0 Å². The highest BCUT2D eigenvalue weighted by molar-refractivity contribution is 9.10. The molecular formula is C15H24BrClN2OS. The first kappa shape index (κ1) is 20.8. The van der Waals surface area contributed by atoms with E-state index in [0.29, 0.717) is 11.8 Å². The molecule has 1 amide bonds. The van der Waals surface area contributed by atoms with E-state index in [9.17, 15) is 4.79 Å². The van der Waals surface area contributed by atoms with Crippen LogP contribution in [-0.4, -0.2) is 23.7 Å². The van der Waals surface area contributed by atoms with Crippen LogP contribution in [0.1, 0.15) is 27.7 Å². The summed E-state index contributed by atoms with van der Waals surface area (Å²) in [4.78, 5) is 13.1. The number of halogens is 2. The second-order valence-corrected chi connectivity index (χ2v) is 8.40. The third-order valence-corrected chi connectivity index (χ3v) is 4.57. The van der Waals surface area contributed by atoms with E-state index in [1.807, 2.05) is 32.9 Å². The second kappa shape index (κ2) is 9.03. The van der Waals surface area contributed by atoms with E-state index in [2.05, 4.69) is 40.3 Å². The van der Waals surface area contributed by atoms with E-state index in [0.717, 1.165) is 4.47 Å². The molecule has 1 aromatic carbocycles. The summed E-state index contributed by atoms with van der Waals surface area (Å²) in [6.45, 7) is 8.62. The molecule has 3 nitrogen and oxygen atoms in total. The van der Waals surface area contributed by atoms with Crippen LogP contribution >= 0.6 is 40.1 Å². The van der Waals surface area contributed by atoms with Crippen LogP contribution in [0.25, 0.3) is 0 Å². The first-order chi connectivity index (χ1) is 9.20. The van der Waals surface area contributed by atoms with Gasteiger partial charge in [-0.3, -0.25) is 4.79 Å². The molecular weight excluding hydrogens is 372 g/mol. The van der Waals surface area contributed by atoms with Gasteiger partial charge >= 0.3 is 0 Å². The molecule has 0 saturated carbocycles. The summed E-state index contributed by atoms with van der Waals surface area (Å²) in [7, 11) is 0. The van der Waals surface area contributed by atoms with E-state index in [1.54, 1.807) is 11.8 Å². The van der Waals surface area contributed by atoms with Crippen LogP contribution in [-0.2, 0) is 4.79 Å². The minimum Gasteiger partial charge on any atom is -0.354 e. The number of nitrogens with two attached hydrogens (primary N) is 1. The van der Waals surface area contributed by atoms with Gasteiger partial charge in [0.05, 0.1) is 6.04 Å². The van der Waals surface area contributed by atoms with Crippen molar-refractivity contribution >= 4 is 46.0 Å². The Labute approximate surface area is 146 Å². The number of amides is 1. The smallest absolute Gasteiger partial charge is 0.237 e. The molecule has 1 rings (SSSR count). The third-order valence-electron chi connectivity index (χ3n) is 2.93. The molecule has 0 saturated heterocycles. The predicted molar refractivity (Wildman–Crippen MR) is 97.1 cm³/mol. The SMILES string of the molecule is CC(CNC(=O)[C@@H](N)C(C)(C)C)Sc1ccc(Br)cc1.Cl. The molecule has 6 heteroatoms. The zero-order chi connectivity index (χ0) is 15.3. The largest absolute Gasteiger partial charge is 0.354 e. The number of rotatable bonds is 5. The molecule has 21 heavy (non-hydrogen) atoms. The Bertz CT molecular complexity index is 448. The summed E-state index contributed by atoms with van der Waals surface area (Å²) in [5.74, 6) is -0.0826. The molecule has 3 N–H and O–H groups in total. The Balaban J connectivity index is 0.00000400. The van der Waals surface area contributed by atoms with Crippen molar-refractivity contribution in [1.82, 2.24) is 5.32 Å². The number of benzene rings is 1. The van der Waals surface area contributed by atoms with Gasteiger partial charge in [-0.05, 0) is 29.7 Å². The average molecular weight is 396 g/mol. The van der Waals surface area contributed by atoms with Crippen LogP contribution in [0.2, 0.25) is 0 Å². The number of hydrogen-bond acceptors (Lipinski definition) is 3. The van der Waals surface area contributed by atoms with E-state index in [4.69, 9.17) is 5.73 Å². The van der Waals surface area contributed by atoms with Crippen LogP contribution in [0, 0.1) is 5.41 Å². The summed E-state index contributed by atoms with van der Waals surface area (Å²) in [6.07, 6.45) is 0. The minimum atomic E-state index is -0.479. The minimum absolute atomic E-state index is 0. The molecule has 0 heterocycles. The zero-order valence-electron chi connectivity index (χ0n) is 12.9. The van der Waals surface area contributed by atoms with Crippen molar-refractivity contribution < 1.29 is 4.79 Å². The molecule has 1 aromatic rings. The molecule has 0 radical (unpaired) electrons. The fourth-order valence-corrected chi connectivity index (χ4v) is 2.72. The summed E-state index contributed by atoms with van der Waals surface area (Å²) < 4.78 is 1.07. The fourth-order valence-electron chi connectivity index (χ4n) is 1.53. The lowest BCUT2D eigenvalue weighted by molar-refractivity contribution is -0.124. The summed E-state index contributed by atoms with van der Waals surface area (Å²) >= 11 is 5.15. The van der Waals surface area contributed by atoms with Gasteiger partial charge in [0.25, 0.3) is 0 Å². The van der Waals surface area contributed by atoms with Gasteiger partial charge in [-0.1, -0.05) is 43.6 Å². The van der Waals surface area contributed by atoms with Crippen LogP contribution in [0.3, 0.4) is 0 Å². The highest BCUT2D eigenvalue weighted by Crippen LogP contribution is 2.24. The highest BCUT2D eigenvalue weighted by atomic mass is 79.9. The first-order valence-corrected chi connectivity index (χ1v) is 8.33. The van der Waals surface area contributed by atoms with Crippen molar-refractivity contribution in [3.63, 3.8) is 0 Å². The zero-order valence-corrected chi connectivity index (χ0v) is 16.1. The molecule has 0 spiro atoms. The van der Waals surface area contributed by atoms with Gasteiger partial charge in [0.1, 0.15) is 0 Å². The van der Waals surface area contributed by atoms with E-state index in [-0.39, 0.29) is 23.7 Å². The number of carbonyl (C=O) groups is 1. The molecule has 0 aromatic heterocycles. The number of nitrogens with one attached hydrogen (secondary N) is 1. The summed E-state index contributed by atoms with van der Waals surface area (Å²) in [6, 6.07) is 7.68. The van der Waals surface area contributed by atoms with E-state index >= 15 is 0 Å². The quantitative estimate of drug-likeness (QED) is 0.745. The van der Waals surface area contributed by atoms with Gasteiger partial charge < -0.3 is 11.1 Å². The Morgan fingerprint density at radius 1 is 1.33 bits per heavy atom. The Morgan fingerprint density at radius 3 is 2.33 bits per heavy atom. The molecule has 2 atom stereocenters. The number of hydrogen-bond donors (Lipinski definition) is 2. The molecule has 0 aliphatic carbocycles. The first-order valence-electron chi connectivity index (χ1n) is 6.65. The lowest BCUT2D eigenvalue weighted by atomic mass is 9.87. The highest BCUT2D eigenvalue weighted by Gasteiger charge is 2.27. The van der Waals surface area contributed by atoms with Crippen molar-refractivity contribution in [1.29, 1.82) is 0 Å². The summed E-state index contributed by atoms with van der Waals surface area (Å²) in [5, 5.41) is 3.22. The molecule has 1 unspecified atom stereocenters. The van der Waals surface area contributed by atoms with Gasteiger partial charge in [-0.15, -0.1) is 24.2 Å². The summed E-state index contributed by atoms with van der Waals surface area (Å²) in [5.41, 5.74) is 5.71. The lowest BCUT2D eigenvalue weighted by Crippen LogP contribution is -2.49. The third kappa shape index (κ3) is 7.54. The number of carbonyl (C=O) groups excluding carboxylic acids is 1. The van der Waals surface area contributed by atoms with E-state index < -0.39 is 6.04 Å². The van der Waals surface area contributed by atoms with Gasteiger partial charge in [-0.25, -0.2) is 0 Å². The Hall–Kier alpha value is -0.230. The Kier molecular flexibility index (Phi) is 8.93. The average Bonchev–Trinajstić information content (AvgIpc) is 2.36. The predicted octanol–water partition coefficient (Wildman–Crippen LogP) is 3.84. The molecule has 0 fully saturated rings. The standard InChI is InChI=1S/C15H23BrN2OS.ClH/c1-10(20-12-7-5-11(16)6-8-12)9-18-14(19)13(17)15(2,3)4;/h5-8,10,13H,9,17H2,1-4H3,(H,18,19);1H/t10?,13-;/m1./s1. The topological polar surface area (TPSA) is 55.1 Å². The van der Waals surface area contributed by atoms with Crippen molar-refractivity contribution in [3.8, 4) is 0 Å². The fraction of sp³-hybridized carbons (Fsp3) is 0.533. The van der Waals surface area contributed by atoms with Gasteiger partial charge in [0.2, 0.25) is 5.91 Å². The van der Waals surface area contributed by atoms with Crippen LogP contribution < -0.4 is 11.1 Å². The van der Waals surface area contributed by atoms with Crippen molar-refractivity contribution in [3.05, 3.63) is 28.7 Å². The van der Waals surface area contributed by atoms with Crippen LogP contribution in [0.5, 0.6) is 0 Å². The van der Waals surface area contributed by atoms with Gasteiger partial charge in [-0.2, -0.15) is 0 Å². The van der Waals surface area contributed by atoms with Gasteiger partial charge in [0.15, 0.2) is 0 Å². The van der Waals surface area contributed by atoms with E-state index in [1.165, 1.54) is 4.90 Å². The molecule has 0 aliphatic rings. The maximum atomic E-state index is 11.9.